The number of benzene rings is 1. The minimum atomic E-state index is -4.46. The first-order chi connectivity index (χ1) is 9.45. The molecule has 0 spiro atoms. The maximum absolute atomic E-state index is 12.7. The van der Waals surface area contributed by atoms with Crippen molar-refractivity contribution in [2.24, 2.45) is 0 Å². The molecule has 0 bridgehead atoms. The van der Waals surface area contributed by atoms with Crippen LogP contribution in [0, 0.1) is 4.64 Å². The van der Waals surface area contributed by atoms with Crippen molar-refractivity contribution in [1.29, 1.82) is 0 Å². The van der Waals surface area contributed by atoms with E-state index >= 15 is 0 Å². The summed E-state index contributed by atoms with van der Waals surface area (Å²) in [5, 5.41) is 2.21. The van der Waals surface area contributed by atoms with Crippen molar-refractivity contribution in [3.63, 3.8) is 0 Å². The van der Waals surface area contributed by atoms with Gasteiger partial charge in [-0.05, 0) is 0 Å². The van der Waals surface area contributed by atoms with Gasteiger partial charge in [0, 0.05) is 17.7 Å². The highest BCUT2D eigenvalue weighted by molar-refractivity contribution is 7.71. The number of aromatic amines is 1. The summed E-state index contributed by atoms with van der Waals surface area (Å²) in [5.41, 5.74) is 0.615. The zero-order valence-corrected chi connectivity index (χ0v) is 10.8. The zero-order chi connectivity index (χ0) is 14.3. The number of rotatable bonds is 1. The molecule has 7 heteroatoms. The Morgan fingerprint density at radius 2 is 1.80 bits per heavy atom. The molecule has 3 aromatic rings. The highest BCUT2D eigenvalue weighted by atomic mass is 32.1. The number of H-pyrrole nitrogens is 1. The normalized spacial score (nSPS) is 11.9. The van der Waals surface area contributed by atoms with Gasteiger partial charge < -0.3 is 0 Å². The summed E-state index contributed by atoms with van der Waals surface area (Å²) in [4.78, 5) is 4.21. The first-order valence-corrected chi connectivity index (χ1v) is 6.11. The van der Waals surface area contributed by atoms with Crippen molar-refractivity contribution in [1.82, 2.24) is 14.6 Å². The molecule has 0 saturated heterocycles. The quantitative estimate of drug-likeness (QED) is 0.686. The van der Waals surface area contributed by atoms with Crippen molar-refractivity contribution in [3.05, 3.63) is 52.8 Å². The lowest BCUT2D eigenvalue weighted by Gasteiger charge is -2.02. The van der Waals surface area contributed by atoms with Crippen molar-refractivity contribution in [2.75, 3.05) is 0 Å². The number of aromatic nitrogens is 3. The molecule has 0 radical (unpaired) electrons. The third-order valence-corrected chi connectivity index (χ3v) is 3.13. The summed E-state index contributed by atoms with van der Waals surface area (Å²) in [7, 11) is 0. The fourth-order valence-electron chi connectivity index (χ4n) is 1.89. The van der Waals surface area contributed by atoms with E-state index in [1.165, 1.54) is 0 Å². The van der Waals surface area contributed by atoms with E-state index in [1.807, 2.05) is 30.3 Å². The average molecular weight is 295 g/mol. The molecule has 1 aromatic carbocycles. The van der Waals surface area contributed by atoms with E-state index in [-0.39, 0.29) is 10.3 Å². The lowest BCUT2D eigenvalue weighted by atomic mass is 10.1. The largest absolute Gasteiger partial charge is 0.432 e. The summed E-state index contributed by atoms with van der Waals surface area (Å²) >= 11 is 5.10. The predicted molar refractivity (Wildman–Crippen MR) is 70.8 cm³/mol. The number of nitrogens with one attached hydrogen (secondary N) is 1. The standard InChI is InChI=1S/C13H8F3N3S/c14-13(15,16)10-7-11-17-9(6-12(20)19(11)18-10)8-4-2-1-3-5-8/h1-7,18H. The van der Waals surface area contributed by atoms with Gasteiger partial charge in [0.25, 0.3) is 0 Å². The Morgan fingerprint density at radius 1 is 1.10 bits per heavy atom. The van der Waals surface area contributed by atoms with E-state index < -0.39 is 11.9 Å². The summed E-state index contributed by atoms with van der Waals surface area (Å²) in [6, 6.07) is 11.7. The average Bonchev–Trinajstić information content (AvgIpc) is 2.84. The summed E-state index contributed by atoms with van der Waals surface area (Å²) in [6.45, 7) is 0. The Labute approximate surface area is 116 Å². The molecular formula is C13H8F3N3S. The van der Waals surface area contributed by atoms with Gasteiger partial charge >= 0.3 is 6.18 Å². The minimum absolute atomic E-state index is 0.142. The molecular weight excluding hydrogens is 287 g/mol. The van der Waals surface area contributed by atoms with Gasteiger partial charge in [-0.1, -0.05) is 42.5 Å². The molecule has 3 nitrogen and oxygen atoms in total. The second-order valence-electron chi connectivity index (χ2n) is 4.21. The monoisotopic (exact) mass is 295 g/mol. The first-order valence-electron chi connectivity index (χ1n) is 5.70. The number of hydrogen-bond donors (Lipinski definition) is 1. The van der Waals surface area contributed by atoms with Crippen LogP contribution in [0.3, 0.4) is 0 Å². The zero-order valence-electron chi connectivity index (χ0n) is 9.98. The van der Waals surface area contributed by atoms with Crippen LogP contribution in [0.25, 0.3) is 16.9 Å². The minimum Gasteiger partial charge on any atom is -0.287 e. The van der Waals surface area contributed by atoms with E-state index in [2.05, 4.69) is 10.1 Å². The van der Waals surface area contributed by atoms with E-state index in [0.29, 0.717) is 5.69 Å². The first kappa shape index (κ1) is 12.9. The highest BCUT2D eigenvalue weighted by Crippen LogP contribution is 2.29. The number of halogens is 3. The lowest BCUT2D eigenvalue weighted by Crippen LogP contribution is -2.05. The number of fused-ring (bicyclic) bond motifs is 1. The van der Waals surface area contributed by atoms with E-state index in [0.717, 1.165) is 16.1 Å². The molecule has 0 aliphatic rings. The van der Waals surface area contributed by atoms with Crippen LogP contribution < -0.4 is 0 Å². The van der Waals surface area contributed by atoms with Gasteiger partial charge in [-0.25, -0.2) is 9.50 Å². The van der Waals surface area contributed by atoms with Crippen LogP contribution in [0.2, 0.25) is 0 Å². The molecule has 0 atom stereocenters. The van der Waals surface area contributed by atoms with Gasteiger partial charge in [-0.2, -0.15) is 13.2 Å². The third kappa shape index (κ3) is 2.20. The molecule has 2 heterocycles. The topological polar surface area (TPSA) is 33.1 Å². The third-order valence-electron chi connectivity index (χ3n) is 2.83. The van der Waals surface area contributed by atoms with Crippen molar-refractivity contribution >= 4 is 17.9 Å². The second-order valence-corrected chi connectivity index (χ2v) is 4.63. The van der Waals surface area contributed by atoms with E-state index in [9.17, 15) is 13.2 Å². The van der Waals surface area contributed by atoms with Gasteiger partial charge in [-0.15, -0.1) is 0 Å². The van der Waals surface area contributed by atoms with E-state index in [1.54, 1.807) is 6.07 Å². The number of hydrogen-bond acceptors (Lipinski definition) is 2. The molecule has 0 aliphatic heterocycles. The van der Waals surface area contributed by atoms with Crippen molar-refractivity contribution in [3.8, 4) is 11.3 Å². The Balaban J connectivity index is 2.22. The molecule has 3 rings (SSSR count). The smallest absolute Gasteiger partial charge is 0.287 e. The SMILES string of the molecule is FC(F)(F)c1cc2nc(-c3ccccc3)cc(=S)n2[nH]1. The molecule has 0 aliphatic carbocycles. The van der Waals surface area contributed by atoms with Crippen LogP contribution in [-0.4, -0.2) is 14.6 Å². The van der Waals surface area contributed by atoms with E-state index in [4.69, 9.17) is 12.2 Å². The Bertz CT molecular complexity index is 818. The van der Waals surface area contributed by atoms with Crippen LogP contribution in [0.15, 0.2) is 42.5 Å². The van der Waals surface area contributed by atoms with Gasteiger partial charge in [0.2, 0.25) is 0 Å². The van der Waals surface area contributed by atoms with Crippen LogP contribution >= 0.6 is 12.2 Å². The maximum Gasteiger partial charge on any atom is 0.432 e. The molecule has 1 N–H and O–H groups in total. The molecule has 102 valence electrons. The molecule has 0 fully saturated rings. The molecule has 2 aromatic heterocycles. The fourth-order valence-corrected chi connectivity index (χ4v) is 2.14. The molecule has 0 amide bonds. The number of nitrogens with zero attached hydrogens (tertiary/aromatic N) is 2. The van der Waals surface area contributed by atoms with Crippen molar-refractivity contribution < 1.29 is 13.2 Å². The van der Waals surface area contributed by atoms with Crippen LogP contribution in [0.5, 0.6) is 0 Å². The van der Waals surface area contributed by atoms with Gasteiger partial charge in [0.1, 0.15) is 10.3 Å². The number of alkyl halides is 3. The summed E-state index contributed by atoms with van der Waals surface area (Å²) in [6.07, 6.45) is -4.46. The fraction of sp³-hybridized carbons (Fsp3) is 0.0769. The lowest BCUT2D eigenvalue weighted by molar-refractivity contribution is -0.141. The predicted octanol–water partition coefficient (Wildman–Crippen LogP) is 4.08. The van der Waals surface area contributed by atoms with Crippen LogP contribution in [-0.2, 0) is 6.18 Å². The molecule has 0 unspecified atom stereocenters. The van der Waals surface area contributed by atoms with Crippen LogP contribution in [0.4, 0.5) is 13.2 Å². The van der Waals surface area contributed by atoms with Gasteiger partial charge in [0.05, 0.1) is 5.69 Å². The second kappa shape index (κ2) is 4.45. The molecule has 0 saturated carbocycles. The Kier molecular flexibility index (Phi) is 2.86. The van der Waals surface area contributed by atoms with Gasteiger partial charge in [0.15, 0.2) is 5.65 Å². The summed E-state index contributed by atoms with van der Waals surface area (Å²) in [5.74, 6) is 0. The Morgan fingerprint density at radius 3 is 2.45 bits per heavy atom. The van der Waals surface area contributed by atoms with Crippen LogP contribution in [0.1, 0.15) is 5.69 Å². The maximum atomic E-state index is 12.7. The summed E-state index contributed by atoms with van der Waals surface area (Å²) < 4.78 is 39.4. The highest BCUT2D eigenvalue weighted by Gasteiger charge is 2.33. The molecule has 20 heavy (non-hydrogen) atoms. The Hall–Kier alpha value is -2.15. The van der Waals surface area contributed by atoms with Crippen molar-refractivity contribution in [2.45, 2.75) is 6.18 Å². The van der Waals surface area contributed by atoms with Gasteiger partial charge in [-0.3, -0.25) is 5.10 Å².